The zero-order chi connectivity index (χ0) is 17.9. The van der Waals surface area contributed by atoms with E-state index in [1.54, 1.807) is 30.3 Å². The molecule has 3 heteroatoms. The molecule has 0 aliphatic heterocycles. The molecular formula is C23H14O3. The van der Waals surface area contributed by atoms with Crippen molar-refractivity contribution < 1.29 is 14.6 Å². The van der Waals surface area contributed by atoms with Crippen molar-refractivity contribution in [3.63, 3.8) is 0 Å². The largest absolute Gasteiger partial charge is 0.457 e. The van der Waals surface area contributed by atoms with E-state index in [0.29, 0.717) is 16.9 Å². The summed E-state index contributed by atoms with van der Waals surface area (Å²) < 4.78 is 5.84. The molecule has 0 spiro atoms. The fourth-order valence-electron chi connectivity index (χ4n) is 2.78. The van der Waals surface area contributed by atoms with Gasteiger partial charge in [0, 0.05) is 11.1 Å². The van der Waals surface area contributed by atoms with Gasteiger partial charge >= 0.3 is 0 Å². The highest BCUT2D eigenvalue weighted by Crippen LogP contribution is 2.27. The summed E-state index contributed by atoms with van der Waals surface area (Å²) in [6.07, 6.45) is 0. The highest BCUT2D eigenvalue weighted by Gasteiger charge is 2.10. The summed E-state index contributed by atoms with van der Waals surface area (Å²) in [7, 11) is 0. The van der Waals surface area contributed by atoms with E-state index < -0.39 is 0 Å². The molecule has 3 nitrogen and oxygen atoms in total. The van der Waals surface area contributed by atoms with Gasteiger partial charge in [-0.25, -0.2) is 0 Å². The van der Waals surface area contributed by atoms with E-state index in [9.17, 15) is 9.90 Å². The van der Waals surface area contributed by atoms with Crippen LogP contribution in [-0.2, 0) is 5.11 Å². The average molecular weight is 338 g/mol. The summed E-state index contributed by atoms with van der Waals surface area (Å²) in [6.45, 7) is 0. The van der Waals surface area contributed by atoms with E-state index in [-0.39, 0.29) is 11.5 Å². The van der Waals surface area contributed by atoms with E-state index in [4.69, 9.17) is 4.74 Å². The second-order valence-electron chi connectivity index (χ2n) is 5.92. The van der Waals surface area contributed by atoms with Gasteiger partial charge in [-0.1, -0.05) is 30.3 Å². The normalized spacial score (nSPS) is 10.6. The van der Waals surface area contributed by atoms with Crippen molar-refractivity contribution in [2.75, 3.05) is 0 Å². The summed E-state index contributed by atoms with van der Waals surface area (Å²) in [6, 6.07) is 27.4. The minimum Gasteiger partial charge on any atom is -0.457 e. The van der Waals surface area contributed by atoms with Gasteiger partial charge in [0.2, 0.25) is 0 Å². The average Bonchev–Trinajstić information content (AvgIpc) is 2.68. The van der Waals surface area contributed by atoms with Gasteiger partial charge in [0.1, 0.15) is 11.5 Å². The van der Waals surface area contributed by atoms with Crippen molar-refractivity contribution >= 4 is 16.6 Å². The maximum Gasteiger partial charge on any atom is 0.193 e. The highest BCUT2D eigenvalue weighted by atomic mass is 16.5. The summed E-state index contributed by atoms with van der Waals surface area (Å²) in [5.41, 5.74) is 1.07. The molecule has 4 aromatic carbocycles. The van der Waals surface area contributed by atoms with Gasteiger partial charge in [-0.3, -0.25) is 9.90 Å². The number of ketones is 1. The summed E-state index contributed by atoms with van der Waals surface area (Å²) in [5.74, 6) is 1.20. The Morgan fingerprint density at radius 1 is 0.692 bits per heavy atom. The molecule has 0 saturated heterocycles. The Hall–Kier alpha value is -3.59. The zero-order valence-electron chi connectivity index (χ0n) is 13.8. The smallest absolute Gasteiger partial charge is 0.193 e. The van der Waals surface area contributed by atoms with Crippen LogP contribution in [0.25, 0.3) is 10.8 Å². The number of hydrogen-bond acceptors (Lipinski definition) is 2. The van der Waals surface area contributed by atoms with Gasteiger partial charge in [0.15, 0.2) is 11.5 Å². The number of fused-ring (bicyclic) bond motifs is 1. The van der Waals surface area contributed by atoms with E-state index >= 15 is 0 Å². The molecule has 2 radical (unpaired) electrons. The first-order valence-electron chi connectivity index (χ1n) is 8.19. The molecule has 0 aromatic heterocycles. The summed E-state index contributed by atoms with van der Waals surface area (Å²) >= 11 is 0. The Kier molecular flexibility index (Phi) is 4.12. The van der Waals surface area contributed by atoms with Crippen molar-refractivity contribution in [3.8, 4) is 17.2 Å². The first-order chi connectivity index (χ1) is 12.7. The van der Waals surface area contributed by atoms with Gasteiger partial charge in [0.05, 0.1) is 0 Å². The second-order valence-corrected chi connectivity index (χ2v) is 5.92. The topological polar surface area (TPSA) is 46.2 Å². The molecule has 0 aliphatic carbocycles. The Morgan fingerprint density at radius 2 is 1.38 bits per heavy atom. The number of carbonyl (C=O) groups excluding carboxylic acids is 1. The third kappa shape index (κ3) is 3.28. The van der Waals surface area contributed by atoms with E-state index in [2.05, 4.69) is 6.07 Å². The van der Waals surface area contributed by atoms with Crippen LogP contribution in [0.1, 0.15) is 15.9 Å². The molecule has 0 amide bonds. The first-order valence-corrected chi connectivity index (χ1v) is 8.19. The molecule has 26 heavy (non-hydrogen) atoms. The molecule has 0 bridgehead atoms. The van der Waals surface area contributed by atoms with Crippen molar-refractivity contribution in [1.29, 1.82) is 0 Å². The Balaban J connectivity index is 1.67. The SMILES string of the molecule is [O]c1ccc(C(=O)c2ccc3ccc(Oc4cc[c]cc4)cc3c2)cc1. The lowest BCUT2D eigenvalue weighted by molar-refractivity contribution is 0.103. The van der Waals surface area contributed by atoms with E-state index in [1.807, 2.05) is 42.5 Å². The van der Waals surface area contributed by atoms with Gasteiger partial charge in [-0.05, 0) is 71.4 Å². The van der Waals surface area contributed by atoms with Crippen LogP contribution in [0.4, 0.5) is 0 Å². The maximum atomic E-state index is 12.6. The molecular weight excluding hydrogens is 324 g/mol. The Bertz CT molecular complexity index is 1070. The van der Waals surface area contributed by atoms with Crippen molar-refractivity contribution in [1.82, 2.24) is 0 Å². The lowest BCUT2D eigenvalue weighted by Crippen LogP contribution is -2.00. The predicted octanol–water partition coefficient (Wildman–Crippen LogP) is 5.81. The van der Waals surface area contributed by atoms with Crippen LogP contribution in [0.15, 0.2) is 84.9 Å². The quantitative estimate of drug-likeness (QED) is 0.441. The minimum absolute atomic E-state index is 0.111. The van der Waals surface area contributed by atoms with Gasteiger partial charge < -0.3 is 4.74 Å². The molecule has 0 atom stereocenters. The van der Waals surface area contributed by atoms with Gasteiger partial charge in [0.25, 0.3) is 0 Å². The predicted molar refractivity (Wildman–Crippen MR) is 99.3 cm³/mol. The summed E-state index contributed by atoms with van der Waals surface area (Å²) in [4.78, 5) is 12.6. The van der Waals surface area contributed by atoms with E-state index in [0.717, 1.165) is 16.5 Å². The molecule has 0 heterocycles. The minimum atomic E-state index is -0.114. The van der Waals surface area contributed by atoms with Crippen LogP contribution in [0.5, 0.6) is 17.2 Å². The molecule has 0 unspecified atom stereocenters. The maximum absolute atomic E-state index is 12.6. The standard InChI is InChI=1S/C23H14O3/c24-20-11-8-17(9-12-20)23(25)18-7-6-16-10-13-22(15-19(16)14-18)26-21-4-2-1-3-5-21/h2-15H. The van der Waals surface area contributed by atoms with Crippen LogP contribution in [0, 0.1) is 6.07 Å². The monoisotopic (exact) mass is 338 g/mol. The van der Waals surface area contributed by atoms with Crippen molar-refractivity contribution in [2.24, 2.45) is 0 Å². The molecule has 0 N–H and O–H groups in total. The molecule has 0 fully saturated rings. The van der Waals surface area contributed by atoms with Gasteiger partial charge in [-0.15, -0.1) is 0 Å². The molecule has 124 valence electrons. The molecule has 0 aliphatic rings. The fraction of sp³-hybridized carbons (Fsp3) is 0. The first kappa shape index (κ1) is 15.9. The number of benzene rings is 4. The third-order valence-electron chi connectivity index (χ3n) is 4.11. The van der Waals surface area contributed by atoms with E-state index in [1.165, 1.54) is 12.1 Å². The molecule has 4 rings (SSSR count). The van der Waals surface area contributed by atoms with Crippen LogP contribution in [0.3, 0.4) is 0 Å². The highest BCUT2D eigenvalue weighted by molar-refractivity contribution is 6.10. The number of hydrogen-bond donors (Lipinski definition) is 0. The molecule has 0 saturated carbocycles. The number of rotatable bonds is 4. The van der Waals surface area contributed by atoms with Gasteiger partial charge in [-0.2, -0.15) is 0 Å². The van der Waals surface area contributed by atoms with Crippen LogP contribution in [0.2, 0.25) is 0 Å². The number of ether oxygens (including phenoxy) is 1. The van der Waals surface area contributed by atoms with Crippen LogP contribution in [-0.4, -0.2) is 5.78 Å². The second kappa shape index (κ2) is 6.73. The fourth-order valence-corrected chi connectivity index (χ4v) is 2.78. The summed E-state index contributed by atoms with van der Waals surface area (Å²) in [5, 5.41) is 13.1. The van der Waals surface area contributed by atoms with Crippen molar-refractivity contribution in [3.05, 3.63) is 102 Å². The molecule has 4 aromatic rings. The van der Waals surface area contributed by atoms with Crippen LogP contribution >= 0.6 is 0 Å². The zero-order valence-corrected chi connectivity index (χ0v) is 13.8. The lowest BCUT2D eigenvalue weighted by Gasteiger charge is -2.08. The third-order valence-corrected chi connectivity index (χ3v) is 4.11. The Morgan fingerprint density at radius 3 is 2.15 bits per heavy atom. The van der Waals surface area contributed by atoms with Crippen molar-refractivity contribution in [2.45, 2.75) is 0 Å². The van der Waals surface area contributed by atoms with Crippen LogP contribution < -0.4 is 4.74 Å². The number of carbonyl (C=O) groups is 1. The lowest BCUT2D eigenvalue weighted by atomic mass is 10.00. The Labute approximate surface area is 151 Å².